The van der Waals surface area contributed by atoms with Crippen LogP contribution in [-0.4, -0.2) is 35.9 Å². The number of nitrogens with one attached hydrogen (secondary N) is 1. The first-order valence-corrected chi connectivity index (χ1v) is 7.57. The molecule has 1 N–H and O–H groups in total. The molecule has 1 saturated carbocycles. The van der Waals surface area contributed by atoms with Crippen LogP contribution in [0.25, 0.3) is 0 Å². The monoisotopic (exact) mass is 325 g/mol. The Balaban J connectivity index is 2.21. The van der Waals surface area contributed by atoms with Gasteiger partial charge in [0.1, 0.15) is 5.82 Å². The number of hydrogen-bond donors (Lipinski definition) is 1. The number of hydrogen-bond acceptors (Lipinski definition) is 3. The van der Waals surface area contributed by atoms with Gasteiger partial charge in [-0.05, 0) is 47.2 Å². The van der Waals surface area contributed by atoms with Crippen LogP contribution in [0.15, 0.2) is 16.7 Å². The molecular formula is C14H20BrN3O. The number of halogens is 1. The summed E-state index contributed by atoms with van der Waals surface area (Å²) < 4.78 is 0.831. The van der Waals surface area contributed by atoms with E-state index in [0.29, 0.717) is 17.3 Å². The smallest absolute Gasteiger partial charge is 0.257 e. The van der Waals surface area contributed by atoms with E-state index in [1.165, 1.54) is 12.8 Å². The van der Waals surface area contributed by atoms with Gasteiger partial charge in [0.05, 0.1) is 5.56 Å². The summed E-state index contributed by atoms with van der Waals surface area (Å²) in [6.45, 7) is 3.79. The van der Waals surface area contributed by atoms with Crippen LogP contribution in [0.2, 0.25) is 0 Å². The van der Waals surface area contributed by atoms with Crippen LogP contribution in [0.3, 0.4) is 0 Å². The molecule has 1 aliphatic rings. The van der Waals surface area contributed by atoms with Crippen molar-refractivity contribution >= 4 is 27.7 Å². The van der Waals surface area contributed by atoms with Gasteiger partial charge in [-0.3, -0.25) is 4.79 Å². The zero-order valence-corrected chi connectivity index (χ0v) is 13.0. The number of carbonyl (C=O) groups is 1. The molecule has 0 saturated heterocycles. The Bertz CT molecular complexity index is 460. The largest absolute Gasteiger partial charge is 0.372 e. The van der Waals surface area contributed by atoms with E-state index in [4.69, 9.17) is 0 Å². The second-order valence-corrected chi connectivity index (χ2v) is 5.91. The number of aromatic nitrogens is 1. The number of amides is 1. The van der Waals surface area contributed by atoms with E-state index in [-0.39, 0.29) is 5.91 Å². The molecule has 1 aromatic rings. The predicted octanol–water partition coefficient (Wildman–Crippen LogP) is 3.15. The van der Waals surface area contributed by atoms with Crippen molar-refractivity contribution in [3.63, 3.8) is 0 Å². The number of nitrogens with zero attached hydrogens (tertiary/aromatic N) is 2. The highest BCUT2D eigenvalue weighted by Gasteiger charge is 2.28. The highest BCUT2D eigenvalue weighted by Crippen LogP contribution is 2.30. The molecule has 2 rings (SSSR count). The fraction of sp³-hybridized carbons (Fsp3) is 0.571. The van der Waals surface area contributed by atoms with Crippen molar-refractivity contribution in [2.45, 2.75) is 26.2 Å². The SMILES string of the molecule is CCCN(CC1CC1)C(=O)c1cc(Br)cnc1NC. The van der Waals surface area contributed by atoms with Crippen molar-refractivity contribution in [3.8, 4) is 0 Å². The average molecular weight is 326 g/mol. The lowest BCUT2D eigenvalue weighted by Gasteiger charge is -2.23. The molecule has 1 heterocycles. The van der Waals surface area contributed by atoms with Crippen LogP contribution >= 0.6 is 15.9 Å². The van der Waals surface area contributed by atoms with Gasteiger partial charge in [0.25, 0.3) is 5.91 Å². The minimum Gasteiger partial charge on any atom is -0.372 e. The molecule has 0 bridgehead atoms. The van der Waals surface area contributed by atoms with Gasteiger partial charge in [0.15, 0.2) is 0 Å². The number of carbonyl (C=O) groups excluding carboxylic acids is 1. The number of anilines is 1. The normalized spacial score (nSPS) is 14.3. The molecule has 5 heteroatoms. The zero-order valence-electron chi connectivity index (χ0n) is 11.4. The van der Waals surface area contributed by atoms with Crippen molar-refractivity contribution in [2.75, 3.05) is 25.5 Å². The first-order valence-electron chi connectivity index (χ1n) is 6.78. The third-order valence-corrected chi connectivity index (χ3v) is 3.71. The third kappa shape index (κ3) is 3.69. The Morgan fingerprint density at radius 3 is 2.89 bits per heavy atom. The molecule has 0 radical (unpaired) electrons. The summed E-state index contributed by atoms with van der Waals surface area (Å²) in [4.78, 5) is 18.9. The highest BCUT2D eigenvalue weighted by atomic mass is 79.9. The van der Waals surface area contributed by atoms with Crippen LogP contribution in [0.1, 0.15) is 36.5 Å². The fourth-order valence-electron chi connectivity index (χ4n) is 2.13. The summed E-state index contributed by atoms with van der Waals surface area (Å²) in [6, 6.07) is 1.84. The lowest BCUT2D eigenvalue weighted by atomic mass is 10.2. The topological polar surface area (TPSA) is 45.2 Å². The van der Waals surface area contributed by atoms with Gasteiger partial charge >= 0.3 is 0 Å². The number of pyridine rings is 1. The quantitative estimate of drug-likeness (QED) is 0.873. The molecule has 0 spiro atoms. The van der Waals surface area contributed by atoms with Crippen LogP contribution in [-0.2, 0) is 0 Å². The summed E-state index contributed by atoms with van der Waals surface area (Å²) in [7, 11) is 1.79. The minimum absolute atomic E-state index is 0.0758. The average Bonchev–Trinajstić information content (AvgIpc) is 3.21. The molecule has 1 fully saturated rings. The molecule has 0 atom stereocenters. The van der Waals surface area contributed by atoms with E-state index >= 15 is 0 Å². The van der Waals surface area contributed by atoms with Crippen LogP contribution < -0.4 is 5.32 Å². The van der Waals surface area contributed by atoms with Gasteiger partial charge < -0.3 is 10.2 Å². The lowest BCUT2D eigenvalue weighted by molar-refractivity contribution is 0.0748. The summed E-state index contributed by atoms with van der Waals surface area (Å²) in [5.41, 5.74) is 0.644. The molecule has 0 aromatic carbocycles. The van der Waals surface area contributed by atoms with E-state index in [9.17, 15) is 4.79 Å². The summed E-state index contributed by atoms with van der Waals surface area (Å²) >= 11 is 3.38. The second kappa shape index (κ2) is 6.37. The molecule has 1 aliphatic carbocycles. The maximum absolute atomic E-state index is 12.7. The van der Waals surface area contributed by atoms with Gasteiger partial charge in [-0.2, -0.15) is 0 Å². The van der Waals surface area contributed by atoms with Gasteiger partial charge in [-0.1, -0.05) is 6.92 Å². The number of rotatable bonds is 6. The Labute approximate surface area is 122 Å². The van der Waals surface area contributed by atoms with Crippen molar-refractivity contribution in [1.29, 1.82) is 0 Å². The van der Waals surface area contributed by atoms with Gasteiger partial charge in [-0.25, -0.2) is 4.98 Å². The molecule has 4 nitrogen and oxygen atoms in total. The first kappa shape index (κ1) is 14.3. The summed E-state index contributed by atoms with van der Waals surface area (Å²) in [5.74, 6) is 1.42. The third-order valence-electron chi connectivity index (χ3n) is 3.28. The van der Waals surface area contributed by atoms with E-state index in [1.54, 1.807) is 13.2 Å². The van der Waals surface area contributed by atoms with E-state index in [1.807, 2.05) is 11.0 Å². The van der Waals surface area contributed by atoms with Crippen LogP contribution in [0.5, 0.6) is 0 Å². The van der Waals surface area contributed by atoms with Gasteiger partial charge in [0.2, 0.25) is 0 Å². The lowest BCUT2D eigenvalue weighted by Crippen LogP contribution is -2.34. The highest BCUT2D eigenvalue weighted by molar-refractivity contribution is 9.10. The summed E-state index contributed by atoms with van der Waals surface area (Å²) in [5, 5.41) is 2.99. The van der Waals surface area contributed by atoms with Crippen LogP contribution in [0.4, 0.5) is 5.82 Å². The Morgan fingerprint density at radius 1 is 1.58 bits per heavy atom. The van der Waals surface area contributed by atoms with E-state index < -0.39 is 0 Å². The molecule has 0 aliphatic heterocycles. The molecule has 19 heavy (non-hydrogen) atoms. The Morgan fingerprint density at radius 2 is 2.32 bits per heavy atom. The summed E-state index contributed by atoms with van der Waals surface area (Å²) in [6.07, 6.45) is 5.19. The predicted molar refractivity (Wildman–Crippen MR) is 80.4 cm³/mol. The maximum atomic E-state index is 12.7. The van der Waals surface area contributed by atoms with Crippen molar-refractivity contribution in [2.24, 2.45) is 5.92 Å². The van der Waals surface area contributed by atoms with Crippen molar-refractivity contribution in [3.05, 3.63) is 22.3 Å². The zero-order chi connectivity index (χ0) is 13.8. The molecule has 104 valence electrons. The fourth-order valence-corrected chi connectivity index (χ4v) is 2.46. The van der Waals surface area contributed by atoms with E-state index in [2.05, 4.69) is 33.2 Å². The second-order valence-electron chi connectivity index (χ2n) is 4.99. The Kier molecular flexibility index (Phi) is 4.80. The molecule has 1 amide bonds. The maximum Gasteiger partial charge on any atom is 0.257 e. The van der Waals surface area contributed by atoms with Crippen molar-refractivity contribution < 1.29 is 4.79 Å². The van der Waals surface area contributed by atoms with E-state index in [0.717, 1.165) is 24.0 Å². The van der Waals surface area contributed by atoms with Crippen molar-refractivity contribution in [1.82, 2.24) is 9.88 Å². The van der Waals surface area contributed by atoms with Gasteiger partial charge in [0, 0.05) is 30.8 Å². The Hall–Kier alpha value is -1.10. The first-order chi connectivity index (χ1) is 9.15. The molecule has 1 aromatic heterocycles. The minimum atomic E-state index is 0.0758. The van der Waals surface area contributed by atoms with Crippen LogP contribution in [0, 0.1) is 5.92 Å². The molecule has 0 unspecified atom stereocenters. The molecular weight excluding hydrogens is 306 g/mol. The van der Waals surface area contributed by atoms with Gasteiger partial charge in [-0.15, -0.1) is 0 Å². The standard InChI is InChI=1S/C14H20BrN3O/c1-3-6-18(9-10-4-5-10)14(19)12-7-11(15)8-17-13(12)16-2/h7-8,10H,3-6,9H2,1-2H3,(H,16,17).